The summed E-state index contributed by atoms with van der Waals surface area (Å²) in [4.78, 5) is 36.6. The van der Waals surface area contributed by atoms with Crippen molar-refractivity contribution < 1.29 is 29.7 Å². The SMILES string of the molecule is Cc1c(C(=O)O)ccc(-c2ccc(C(=O)N3CC(O)C3)cc2)c1C(=O)O. The highest BCUT2D eigenvalue weighted by Gasteiger charge is 2.29. The molecule has 2 aromatic rings. The number of likely N-dealkylation sites (tertiary alicyclic amines) is 1. The van der Waals surface area contributed by atoms with Crippen LogP contribution in [0.1, 0.15) is 36.6 Å². The number of aromatic carboxylic acids is 2. The lowest BCUT2D eigenvalue weighted by Gasteiger charge is -2.35. The summed E-state index contributed by atoms with van der Waals surface area (Å²) < 4.78 is 0. The van der Waals surface area contributed by atoms with Gasteiger partial charge >= 0.3 is 11.9 Å². The number of benzene rings is 2. The van der Waals surface area contributed by atoms with Gasteiger partial charge in [0.2, 0.25) is 0 Å². The minimum Gasteiger partial charge on any atom is -0.478 e. The quantitative estimate of drug-likeness (QED) is 0.771. The van der Waals surface area contributed by atoms with Crippen molar-refractivity contribution in [2.24, 2.45) is 0 Å². The topological polar surface area (TPSA) is 115 Å². The van der Waals surface area contributed by atoms with Gasteiger partial charge in [-0.05, 0) is 41.8 Å². The van der Waals surface area contributed by atoms with E-state index in [1.807, 2.05) is 0 Å². The second kappa shape index (κ2) is 6.61. The summed E-state index contributed by atoms with van der Waals surface area (Å²) in [6, 6.07) is 9.28. The summed E-state index contributed by atoms with van der Waals surface area (Å²) in [7, 11) is 0. The normalized spacial score (nSPS) is 14.0. The summed E-state index contributed by atoms with van der Waals surface area (Å²) in [5, 5.41) is 28.0. The Bertz CT molecular complexity index is 897. The standard InChI is InChI=1S/C19H17NO6/c1-10-14(18(23)24)6-7-15(16(10)19(25)26)11-2-4-12(5-3-11)17(22)20-8-13(21)9-20/h2-7,13,21H,8-9H2,1H3,(H,23,24)(H,25,26). The zero-order valence-corrected chi connectivity index (χ0v) is 14.0. The number of carboxylic acids is 2. The van der Waals surface area contributed by atoms with E-state index in [4.69, 9.17) is 0 Å². The Balaban J connectivity index is 1.96. The van der Waals surface area contributed by atoms with Gasteiger partial charge in [0, 0.05) is 18.7 Å². The van der Waals surface area contributed by atoms with Crippen molar-refractivity contribution in [1.29, 1.82) is 0 Å². The van der Waals surface area contributed by atoms with Gasteiger partial charge in [-0.1, -0.05) is 18.2 Å². The summed E-state index contributed by atoms with van der Waals surface area (Å²) in [6.07, 6.45) is -0.480. The number of amides is 1. The molecular weight excluding hydrogens is 338 g/mol. The van der Waals surface area contributed by atoms with Crippen LogP contribution in [-0.4, -0.2) is 57.3 Å². The van der Waals surface area contributed by atoms with Gasteiger partial charge in [-0.25, -0.2) is 9.59 Å². The van der Waals surface area contributed by atoms with Crippen LogP contribution in [0.3, 0.4) is 0 Å². The highest BCUT2D eigenvalue weighted by molar-refractivity contribution is 6.02. The molecule has 7 heteroatoms. The zero-order chi connectivity index (χ0) is 19.0. The minimum absolute atomic E-state index is 0.0608. The van der Waals surface area contributed by atoms with Crippen LogP contribution in [-0.2, 0) is 0 Å². The smallest absolute Gasteiger partial charge is 0.336 e. The van der Waals surface area contributed by atoms with Crippen LogP contribution in [0.4, 0.5) is 0 Å². The molecule has 0 unspecified atom stereocenters. The fraction of sp³-hybridized carbons (Fsp3) is 0.211. The maximum Gasteiger partial charge on any atom is 0.336 e. The van der Waals surface area contributed by atoms with Crippen molar-refractivity contribution in [2.45, 2.75) is 13.0 Å². The van der Waals surface area contributed by atoms with E-state index in [1.165, 1.54) is 24.0 Å². The van der Waals surface area contributed by atoms with E-state index < -0.39 is 18.0 Å². The van der Waals surface area contributed by atoms with E-state index in [0.717, 1.165) is 0 Å². The van der Waals surface area contributed by atoms with Gasteiger partial charge in [-0.15, -0.1) is 0 Å². The number of hydrogen-bond acceptors (Lipinski definition) is 4. The maximum atomic E-state index is 12.2. The molecule has 0 saturated carbocycles. The number of β-amino-alcohol motifs (C(OH)–C–C–N with tert-alkyl or cyclic N) is 1. The molecule has 1 aliphatic heterocycles. The molecule has 1 heterocycles. The Morgan fingerprint density at radius 3 is 2.08 bits per heavy atom. The van der Waals surface area contributed by atoms with E-state index >= 15 is 0 Å². The average Bonchev–Trinajstić information content (AvgIpc) is 2.57. The van der Waals surface area contributed by atoms with Crippen molar-refractivity contribution >= 4 is 17.8 Å². The molecule has 1 aliphatic rings. The molecule has 1 saturated heterocycles. The number of carbonyl (C=O) groups is 3. The van der Waals surface area contributed by atoms with Gasteiger partial charge in [0.05, 0.1) is 17.2 Å². The molecule has 134 valence electrons. The molecule has 1 fully saturated rings. The number of hydrogen-bond donors (Lipinski definition) is 3. The van der Waals surface area contributed by atoms with E-state index in [2.05, 4.69) is 0 Å². The Morgan fingerprint density at radius 2 is 1.58 bits per heavy atom. The van der Waals surface area contributed by atoms with Crippen molar-refractivity contribution in [1.82, 2.24) is 4.90 Å². The van der Waals surface area contributed by atoms with Crippen molar-refractivity contribution in [3.63, 3.8) is 0 Å². The highest BCUT2D eigenvalue weighted by Crippen LogP contribution is 2.29. The lowest BCUT2D eigenvalue weighted by molar-refractivity contribution is 0.00589. The summed E-state index contributed by atoms with van der Waals surface area (Å²) in [5.74, 6) is -2.60. The first-order valence-corrected chi connectivity index (χ1v) is 7.97. The van der Waals surface area contributed by atoms with Gasteiger partial charge in [0.1, 0.15) is 0 Å². The van der Waals surface area contributed by atoms with Crippen molar-refractivity contribution in [3.05, 3.63) is 58.7 Å². The molecule has 7 nitrogen and oxygen atoms in total. The predicted molar refractivity (Wildman–Crippen MR) is 92.4 cm³/mol. The van der Waals surface area contributed by atoms with Gasteiger partial charge < -0.3 is 20.2 Å². The zero-order valence-electron chi connectivity index (χ0n) is 14.0. The fourth-order valence-corrected chi connectivity index (χ4v) is 3.06. The molecule has 0 radical (unpaired) electrons. The van der Waals surface area contributed by atoms with E-state index in [9.17, 15) is 29.7 Å². The van der Waals surface area contributed by atoms with E-state index in [0.29, 0.717) is 29.8 Å². The van der Waals surface area contributed by atoms with Crippen LogP contribution >= 0.6 is 0 Å². The van der Waals surface area contributed by atoms with Crippen molar-refractivity contribution in [2.75, 3.05) is 13.1 Å². The molecule has 0 aromatic heterocycles. The molecule has 3 N–H and O–H groups in total. The van der Waals surface area contributed by atoms with Gasteiger partial charge in [0.25, 0.3) is 5.91 Å². The van der Waals surface area contributed by atoms with Crippen LogP contribution in [0.2, 0.25) is 0 Å². The van der Waals surface area contributed by atoms with Crippen LogP contribution in [0.15, 0.2) is 36.4 Å². The van der Waals surface area contributed by atoms with Gasteiger partial charge in [-0.3, -0.25) is 4.79 Å². The lowest BCUT2D eigenvalue weighted by atomic mass is 9.92. The third kappa shape index (κ3) is 3.04. The summed E-state index contributed by atoms with van der Waals surface area (Å²) in [6.45, 7) is 2.07. The Labute approximate surface area is 149 Å². The largest absolute Gasteiger partial charge is 0.478 e. The summed E-state index contributed by atoms with van der Waals surface area (Å²) in [5.41, 5.74) is 1.44. The second-order valence-electron chi connectivity index (χ2n) is 6.21. The molecule has 0 bridgehead atoms. The number of aliphatic hydroxyl groups excluding tert-OH is 1. The number of aliphatic hydroxyl groups is 1. The molecule has 0 aliphatic carbocycles. The third-order valence-corrected chi connectivity index (χ3v) is 4.50. The first-order valence-electron chi connectivity index (χ1n) is 7.97. The first kappa shape index (κ1) is 17.6. The molecule has 0 spiro atoms. The summed E-state index contributed by atoms with van der Waals surface area (Å²) >= 11 is 0. The molecule has 2 aromatic carbocycles. The Hall–Kier alpha value is -3.19. The highest BCUT2D eigenvalue weighted by atomic mass is 16.4. The van der Waals surface area contributed by atoms with Gasteiger partial charge in [-0.2, -0.15) is 0 Å². The monoisotopic (exact) mass is 355 g/mol. The van der Waals surface area contributed by atoms with Crippen LogP contribution in [0.5, 0.6) is 0 Å². The first-order chi connectivity index (χ1) is 12.3. The molecule has 0 atom stereocenters. The second-order valence-corrected chi connectivity index (χ2v) is 6.21. The predicted octanol–water partition coefficient (Wildman–Crippen LogP) is 1.88. The number of carboxylic acid groups (broad SMARTS) is 2. The number of rotatable bonds is 4. The van der Waals surface area contributed by atoms with E-state index in [1.54, 1.807) is 24.3 Å². The molecule has 26 heavy (non-hydrogen) atoms. The number of nitrogens with zero attached hydrogens (tertiary/aromatic N) is 1. The molecule has 3 rings (SSSR count). The average molecular weight is 355 g/mol. The Morgan fingerprint density at radius 1 is 0.962 bits per heavy atom. The fourth-order valence-electron chi connectivity index (χ4n) is 3.06. The molecular formula is C19H17NO6. The molecule has 1 amide bonds. The third-order valence-electron chi connectivity index (χ3n) is 4.50. The van der Waals surface area contributed by atoms with Crippen LogP contribution in [0.25, 0.3) is 11.1 Å². The number of carbonyl (C=O) groups excluding carboxylic acids is 1. The Kier molecular flexibility index (Phi) is 4.48. The maximum absolute atomic E-state index is 12.2. The van der Waals surface area contributed by atoms with Crippen molar-refractivity contribution in [3.8, 4) is 11.1 Å². The van der Waals surface area contributed by atoms with Crippen LogP contribution < -0.4 is 0 Å². The minimum atomic E-state index is -1.21. The van der Waals surface area contributed by atoms with Gasteiger partial charge in [0.15, 0.2) is 0 Å². The lowest BCUT2D eigenvalue weighted by Crippen LogP contribution is -2.53. The van der Waals surface area contributed by atoms with Crippen LogP contribution in [0, 0.1) is 6.92 Å². The van der Waals surface area contributed by atoms with E-state index in [-0.39, 0.29) is 22.6 Å².